The first kappa shape index (κ1) is 23.4. The number of rotatable bonds is 13. The molecule has 0 unspecified atom stereocenters. The van der Waals surface area contributed by atoms with E-state index in [1.165, 1.54) is 23.6 Å². The molecule has 0 radical (unpaired) electrons. The molecule has 1 aliphatic rings. The first-order valence-corrected chi connectivity index (χ1v) is 15.8. The Balaban J connectivity index is 1.65. The van der Waals surface area contributed by atoms with E-state index in [2.05, 4.69) is 4.98 Å². The van der Waals surface area contributed by atoms with Gasteiger partial charge in [0.25, 0.3) is 5.56 Å². The van der Waals surface area contributed by atoms with Gasteiger partial charge in [0.05, 0.1) is 12.4 Å². The zero-order valence-corrected chi connectivity index (χ0v) is 27.2. The maximum absolute atomic E-state index is 14.7. The highest BCUT2D eigenvalue weighted by Crippen LogP contribution is 2.32. The van der Waals surface area contributed by atoms with Crippen LogP contribution in [-0.2, 0) is 42.6 Å². The summed E-state index contributed by atoms with van der Waals surface area (Å²) in [6.45, 7) is -6.56. The molecule has 0 aliphatic heterocycles. The first-order valence-electron chi connectivity index (χ1n) is 20.5. The van der Waals surface area contributed by atoms with Crippen molar-refractivity contribution in [2.24, 2.45) is 0 Å². The maximum Gasteiger partial charge on any atom is 0.416 e. The van der Waals surface area contributed by atoms with Gasteiger partial charge in [-0.05, 0) is 91.3 Å². The third kappa shape index (κ3) is 8.54. The van der Waals surface area contributed by atoms with Crippen LogP contribution in [0.3, 0.4) is 0 Å². The molecule has 0 N–H and O–H groups in total. The minimum atomic E-state index is -4.68. The fourth-order valence-corrected chi connectivity index (χ4v) is 5.92. The summed E-state index contributed by atoms with van der Waals surface area (Å²) < 4.78 is 151. The van der Waals surface area contributed by atoms with E-state index in [1.54, 1.807) is 0 Å². The molecule has 0 bridgehead atoms. The second-order valence-electron chi connectivity index (χ2n) is 10.9. The molecule has 11 heteroatoms. The van der Waals surface area contributed by atoms with Gasteiger partial charge >= 0.3 is 6.18 Å². The van der Waals surface area contributed by atoms with Crippen molar-refractivity contribution in [1.29, 1.82) is 0 Å². The predicted molar refractivity (Wildman–Crippen MR) is 181 cm³/mol. The van der Waals surface area contributed by atoms with E-state index in [-0.39, 0.29) is 45.8 Å². The highest BCUT2D eigenvalue weighted by molar-refractivity contribution is 7.98. The van der Waals surface area contributed by atoms with E-state index in [0.717, 1.165) is 55.1 Å². The molecule has 254 valence electrons. The molecule has 3 aromatic carbocycles. The Kier molecular flexibility index (Phi) is 7.56. The SMILES string of the molecule is [2H]c1c([2H])c(C([2H])([2H])N(CCN(C([2H])([2H])C)C([2H])([2H])C)C(=O)Cn2c(SC([2H])([2H])c3ccc(F)cc3)nc(=O)c3c2CCC3)c(C)c([2H])c1-c1ccc(C(F)(F)F)cc1. The average molecular weight is 692 g/mol. The van der Waals surface area contributed by atoms with Crippen molar-refractivity contribution < 1.29 is 37.4 Å². The summed E-state index contributed by atoms with van der Waals surface area (Å²) in [4.78, 5) is 33.3. The summed E-state index contributed by atoms with van der Waals surface area (Å²) in [6, 6.07) is 5.97. The van der Waals surface area contributed by atoms with Crippen LogP contribution >= 0.6 is 11.8 Å². The van der Waals surface area contributed by atoms with Crippen molar-refractivity contribution >= 4 is 17.7 Å². The molecule has 1 amide bonds. The molecule has 1 heterocycles. The van der Waals surface area contributed by atoms with E-state index >= 15 is 0 Å². The highest BCUT2D eigenvalue weighted by Gasteiger charge is 2.30. The average Bonchev–Trinajstić information content (AvgIpc) is 3.61. The van der Waals surface area contributed by atoms with E-state index in [0.29, 0.717) is 28.8 Å². The lowest BCUT2D eigenvalue weighted by molar-refractivity contribution is -0.137. The van der Waals surface area contributed by atoms with Crippen LogP contribution in [0.15, 0.2) is 76.6 Å². The molecule has 4 aromatic rings. The van der Waals surface area contributed by atoms with E-state index < -0.39 is 97.5 Å². The van der Waals surface area contributed by atoms with Crippen LogP contribution in [0.1, 0.15) is 68.9 Å². The zero-order chi connectivity index (χ0) is 44.2. The number of nitrogens with zero attached hydrogens (tertiary/aromatic N) is 4. The fourth-order valence-electron chi connectivity index (χ4n) is 5.17. The molecule has 0 fully saturated rings. The number of hydrogen-bond acceptors (Lipinski definition) is 5. The standard InChI is InChI=1S/C37H40F4N4O2S/c1-4-43(5-2)19-20-44(22-29-12-11-28(21-25(29)3)27-13-15-30(16-14-27)37(39,40)41)34(46)23-45-33-8-6-7-32(33)35(47)42-36(45)48-24-26-9-17-31(38)18-10-26/h9-18,21H,4-8,19-20,22-24H2,1-3H3/i4D2,5D2,11D,12D,21D,22D2,24D2. The number of benzene rings is 3. The number of fused-ring (bicyclic) bond motifs is 1. The van der Waals surface area contributed by atoms with Crippen LogP contribution in [0.25, 0.3) is 11.1 Å². The van der Waals surface area contributed by atoms with Gasteiger partial charge in [-0.25, -0.2) is 4.39 Å². The monoisotopic (exact) mass is 691 g/mol. The molecule has 6 nitrogen and oxygen atoms in total. The number of aromatic nitrogens is 2. The van der Waals surface area contributed by atoms with Crippen molar-refractivity contribution in [2.45, 2.75) is 70.1 Å². The van der Waals surface area contributed by atoms with Crippen LogP contribution in [0.2, 0.25) is 0 Å². The van der Waals surface area contributed by atoms with Crippen LogP contribution < -0.4 is 5.56 Å². The lowest BCUT2D eigenvalue weighted by atomic mass is 9.98. The quantitative estimate of drug-likeness (QED) is 0.0825. The summed E-state index contributed by atoms with van der Waals surface area (Å²) in [6.07, 6.45) is -3.66. The lowest BCUT2D eigenvalue weighted by Crippen LogP contribution is -2.40. The number of halogens is 4. The summed E-state index contributed by atoms with van der Waals surface area (Å²) in [5, 5.41) is -0.268. The van der Waals surface area contributed by atoms with Crippen molar-refractivity contribution in [2.75, 3.05) is 26.1 Å². The number of amides is 1. The van der Waals surface area contributed by atoms with E-state index in [1.807, 2.05) is 0 Å². The van der Waals surface area contributed by atoms with Gasteiger partial charge in [0.15, 0.2) is 5.16 Å². The fraction of sp³-hybridized carbons (Fsp3) is 0.378. The molecule has 1 aromatic heterocycles. The van der Waals surface area contributed by atoms with Crippen LogP contribution in [0, 0.1) is 12.7 Å². The van der Waals surface area contributed by atoms with Crippen molar-refractivity contribution in [3.63, 3.8) is 0 Å². The maximum atomic E-state index is 14.7. The molecule has 0 spiro atoms. The molecular weight excluding hydrogens is 640 g/mol. The molecule has 0 atom stereocenters. The molecule has 0 saturated heterocycles. The molecule has 5 rings (SSSR count). The van der Waals surface area contributed by atoms with Gasteiger partial charge in [0.2, 0.25) is 5.91 Å². The Bertz CT molecular complexity index is 2260. The van der Waals surface area contributed by atoms with Gasteiger partial charge < -0.3 is 14.4 Å². The molecular formula is C37H40F4N4O2S. The minimum Gasteiger partial charge on any atom is -0.336 e. The molecule has 48 heavy (non-hydrogen) atoms. The summed E-state index contributed by atoms with van der Waals surface area (Å²) in [7, 11) is 0. The molecule has 0 saturated carbocycles. The van der Waals surface area contributed by atoms with Crippen LogP contribution in [0.4, 0.5) is 17.6 Å². The number of likely N-dealkylation sites (N-methyl/N-ethyl adjacent to an activating group) is 1. The number of carbonyl (C=O) groups excluding carboxylic acids is 1. The van der Waals surface area contributed by atoms with Crippen LogP contribution in [-0.4, -0.2) is 51.3 Å². The van der Waals surface area contributed by atoms with Gasteiger partial charge in [-0.3, -0.25) is 9.59 Å². The van der Waals surface area contributed by atoms with Gasteiger partial charge in [-0.15, -0.1) is 0 Å². The lowest BCUT2D eigenvalue weighted by Gasteiger charge is -2.28. The van der Waals surface area contributed by atoms with E-state index in [9.17, 15) is 29.9 Å². The zero-order valence-electron chi connectivity index (χ0n) is 37.4. The van der Waals surface area contributed by atoms with Gasteiger partial charge in [-0.2, -0.15) is 18.2 Å². The second kappa shape index (κ2) is 15.5. The van der Waals surface area contributed by atoms with Crippen molar-refractivity contribution in [3.05, 3.63) is 116 Å². The van der Waals surface area contributed by atoms with Crippen molar-refractivity contribution in [1.82, 2.24) is 19.4 Å². The predicted octanol–water partition coefficient (Wildman–Crippen LogP) is 7.53. The van der Waals surface area contributed by atoms with Gasteiger partial charge in [-0.1, -0.05) is 68.0 Å². The first-order chi connectivity index (χ1) is 27.1. The number of carbonyl (C=O) groups is 1. The van der Waals surface area contributed by atoms with Crippen LogP contribution in [0.5, 0.6) is 0 Å². The van der Waals surface area contributed by atoms with Gasteiger partial charge in [0, 0.05) is 44.8 Å². The minimum absolute atomic E-state index is 0.00726. The largest absolute Gasteiger partial charge is 0.416 e. The third-order valence-corrected chi connectivity index (χ3v) is 8.57. The number of alkyl halides is 3. The number of thioether (sulfide) groups is 1. The van der Waals surface area contributed by atoms with Crippen molar-refractivity contribution in [3.8, 4) is 11.1 Å². The highest BCUT2D eigenvalue weighted by atomic mass is 32.2. The Morgan fingerprint density at radius 3 is 2.40 bits per heavy atom. The Hall–Kier alpha value is -3.96. The normalized spacial score (nSPS) is 17.4. The van der Waals surface area contributed by atoms with Gasteiger partial charge in [0.1, 0.15) is 12.4 Å². The van der Waals surface area contributed by atoms with E-state index in [4.69, 9.17) is 12.3 Å². The number of hydrogen-bond donors (Lipinski definition) is 0. The molecule has 1 aliphatic carbocycles. The Labute approximate surface area is 298 Å². The summed E-state index contributed by atoms with van der Waals surface area (Å²) >= 11 is 0.454. The summed E-state index contributed by atoms with van der Waals surface area (Å²) in [5.41, 5.74) is -4.58. The Morgan fingerprint density at radius 1 is 1.02 bits per heavy atom. The second-order valence-corrected chi connectivity index (χ2v) is 11.6. The third-order valence-electron chi connectivity index (χ3n) is 7.73. The smallest absolute Gasteiger partial charge is 0.336 e. The Morgan fingerprint density at radius 2 is 1.73 bits per heavy atom. The topological polar surface area (TPSA) is 58.4 Å². The summed E-state index contributed by atoms with van der Waals surface area (Å²) in [5.74, 6) is -1.70.